The summed E-state index contributed by atoms with van der Waals surface area (Å²) in [4.78, 5) is 27.2. The predicted octanol–water partition coefficient (Wildman–Crippen LogP) is 4.15. The van der Waals surface area contributed by atoms with E-state index in [0.29, 0.717) is 17.7 Å². The van der Waals surface area contributed by atoms with E-state index in [4.69, 9.17) is 0 Å². The van der Waals surface area contributed by atoms with Crippen LogP contribution >= 0.6 is 11.3 Å². The fraction of sp³-hybridized carbons (Fsp3) is 0.333. The number of hydrogen-bond acceptors (Lipinski definition) is 3. The van der Waals surface area contributed by atoms with Crippen molar-refractivity contribution in [3.8, 4) is 0 Å². The molecule has 1 aromatic heterocycles. The highest BCUT2D eigenvalue weighted by Gasteiger charge is 2.34. The zero-order valence-electron chi connectivity index (χ0n) is 12.5. The number of hydrogen-bond donors (Lipinski definition) is 0. The van der Waals surface area contributed by atoms with E-state index in [2.05, 4.69) is 17.5 Å². The third kappa shape index (κ3) is 3.12. The van der Waals surface area contributed by atoms with Crippen molar-refractivity contribution in [3.05, 3.63) is 57.8 Å². The van der Waals surface area contributed by atoms with Gasteiger partial charge in [0.2, 0.25) is 0 Å². The quantitative estimate of drug-likeness (QED) is 0.569. The molecule has 0 bridgehead atoms. The van der Waals surface area contributed by atoms with Crippen LogP contribution in [-0.4, -0.2) is 23.3 Å². The molecule has 0 unspecified atom stereocenters. The Kier molecular flexibility index (Phi) is 4.68. The van der Waals surface area contributed by atoms with Gasteiger partial charge in [0.15, 0.2) is 0 Å². The van der Waals surface area contributed by atoms with Gasteiger partial charge in [0.25, 0.3) is 11.8 Å². The summed E-state index contributed by atoms with van der Waals surface area (Å²) in [6.07, 6.45) is 5.38. The molecule has 3 rings (SSSR count). The van der Waals surface area contributed by atoms with Crippen molar-refractivity contribution in [1.29, 1.82) is 0 Å². The minimum atomic E-state index is -0.140. The van der Waals surface area contributed by atoms with Gasteiger partial charge in [-0.1, -0.05) is 31.0 Å². The molecular weight excluding hydrogens is 294 g/mol. The molecule has 1 aliphatic rings. The number of rotatable bonds is 7. The number of fused-ring (bicyclic) bond motifs is 1. The smallest absolute Gasteiger partial charge is 0.261 e. The van der Waals surface area contributed by atoms with Crippen LogP contribution in [-0.2, 0) is 6.42 Å². The molecule has 0 radical (unpaired) electrons. The molecule has 22 heavy (non-hydrogen) atoms. The van der Waals surface area contributed by atoms with Gasteiger partial charge in [-0.25, -0.2) is 0 Å². The molecule has 4 heteroatoms. The monoisotopic (exact) mass is 313 g/mol. The molecule has 0 spiro atoms. The maximum atomic E-state index is 12.2. The molecule has 0 atom stereocenters. The van der Waals surface area contributed by atoms with Gasteiger partial charge < -0.3 is 0 Å². The van der Waals surface area contributed by atoms with Crippen molar-refractivity contribution in [2.24, 2.45) is 0 Å². The van der Waals surface area contributed by atoms with Crippen molar-refractivity contribution in [2.45, 2.75) is 32.1 Å². The number of aryl methyl sites for hydroxylation is 1. The zero-order chi connectivity index (χ0) is 15.4. The third-order valence-corrected chi connectivity index (χ3v) is 4.95. The fourth-order valence-corrected chi connectivity index (χ4v) is 3.57. The number of imide groups is 1. The summed E-state index contributed by atoms with van der Waals surface area (Å²) in [5, 5.41) is 2.11. The molecule has 0 N–H and O–H groups in total. The Hall–Kier alpha value is -1.94. The molecule has 0 fully saturated rings. The lowest BCUT2D eigenvalue weighted by molar-refractivity contribution is 0.0651. The van der Waals surface area contributed by atoms with Crippen molar-refractivity contribution >= 4 is 23.2 Å². The molecule has 1 aliphatic heterocycles. The molecule has 1 aromatic carbocycles. The topological polar surface area (TPSA) is 37.4 Å². The predicted molar refractivity (Wildman–Crippen MR) is 88.3 cm³/mol. The Bertz CT molecular complexity index is 628. The number of benzene rings is 1. The summed E-state index contributed by atoms with van der Waals surface area (Å²) in [6.45, 7) is 0.533. The van der Waals surface area contributed by atoms with Gasteiger partial charge in [0.05, 0.1) is 11.1 Å². The summed E-state index contributed by atoms with van der Waals surface area (Å²) >= 11 is 1.80. The minimum Gasteiger partial charge on any atom is -0.274 e. The second-order valence-corrected chi connectivity index (χ2v) is 6.58. The standard InChI is InChI=1S/C18H19NO2S/c20-17-15-10-4-5-11-16(15)18(21)19(17)12-6-2-1-3-8-14-9-7-13-22-14/h4-5,7,9-11,13H,1-3,6,8,12H2. The van der Waals surface area contributed by atoms with E-state index in [-0.39, 0.29) is 11.8 Å². The first-order chi connectivity index (χ1) is 10.8. The highest BCUT2D eigenvalue weighted by molar-refractivity contribution is 7.09. The first-order valence-corrected chi connectivity index (χ1v) is 8.63. The van der Waals surface area contributed by atoms with Gasteiger partial charge in [-0.05, 0) is 42.8 Å². The number of unbranched alkanes of at least 4 members (excludes halogenated alkanes) is 3. The summed E-state index contributed by atoms with van der Waals surface area (Å²) in [5.41, 5.74) is 1.09. The van der Waals surface area contributed by atoms with Crippen LogP contribution in [0.1, 0.15) is 51.3 Å². The van der Waals surface area contributed by atoms with Gasteiger partial charge in [0.1, 0.15) is 0 Å². The van der Waals surface area contributed by atoms with E-state index in [1.807, 2.05) is 0 Å². The van der Waals surface area contributed by atoms with Crippen molar-refractivity contribution in [1.82, 2.24) is 4.90 Å². The largest absolute Gasteiger partial charge is 0.274 e. The molecule has 0 aliphatic carbocycles. The van der Waals surface area contributed by atoms with Crippen LogP contribution in [0.2, 0.25) is 0 Å². The normalized spacial score (nSPS) is 13.7. The van der Waals surface area contributed by atoms with Gasteiger partial charge >= 0.3 is 0 Å². The average Bonchev–Trinajstić information content (AvgIpc) is 3.13. The lowest BCUT2D eigenvalue weighted by Crippen LogP contribution is -2.30. The first-order valence-electron chi connectivity index (χ1n) is 7.75. The molecule has 114 valence electrons. The Morgan fingerprint density at radius 2 is 1.50 bits per heavy atom. The van der Waals surface area contributed by atoms with Crippen LogP contribution in [0.4, 0.5) is 0 Å². The molecule has 3 nitrogen and oxygen atoms in total. The number of carbonyl (C=O) groups is 2. The van der Waals surface area contributed by atoms with Crippen LogP contribution in [0.3, 0.4) is 0 Å². The van der Waals surface area contributed by atoms with E-state index in [1.165, 1.54) is 16.2 Å². The maximum Gasteiger partial charge on any atom is 0.261 e. The van der Waals surface area contributed by atoms with Crippen molar-refractivity contribution < 1.29 is 9.59 Å². The van der Waals surface area contributed by atoms with Crippen LogP contribution in [0, 0.1) is 0 Å². The summed E-state index contributed by atoms with van der Waals surface area (Å²) in [5.74, 6) is -0.279. The summed E-state index contributed by atoms with van der Waals surface area (Å²) in [6, 6.07) is 11.3. The van der Waals surface area contributed by atoms with Gasteiger partial charge in [0, 0.05) is 11.4 Å². The molecule has 2 aromatic rings. The summed E-state index contributed by atoms with van der Waals surface area (Å²) in [7, 11) is 0. The van der Waals surface area contributed by atoms with Crippen LogP contribution in [0.25, 0.3) is 0 Å². The van der Waals surface area contributed by atoms with Gasteiger partial charge in [-0.15, -0.1) is 11.3 Å². The number of carbonyl (C=O) groups excluding carboxylic acids is 2. The first kappa shape index (κ1) is 15.0. The van der Waals surface area contributed by atoms with E-state index >= 15 is 0 Å². The minimum absolute atomic E-state index is 0.140. The van der Waals surface area contributed by atoms with E-state index in [9.17, 15) is 9.59 Å². The SMILES string of the molecule is O=C1c2ccccc2C(=O)N1CCCCCCc1cccs1. The molecule has 2 amide bonds. The number of thiophene rings is 1. The van der Waals surface area contributed by atoms with Crippen LogP contribution in [0.5, 0.6) is 0 Å². The average molecular weight is 313 g/mol. The number of amides is 2. The van der Waals surface area contributed by atoms with Gasteiger partial charge in [-0.3, -0.25) is 14.5 Å². The highest BCUT2D eigenvalue weighted by atomic mass is 32.1. The molecule has 0 saturated heterocycles. The number of nitrogens with zero attached hydrogens (tertiary/aromatic N) is 1. The van der Waals surface area contributed by atoms with Crippen molar-refractivity contribution in [3.63, 3.8) is 0 Å². The fourth-order valence-electron chi connectivity index (χ4n) is 2.82. The second-order valence-electron chi connectivity index (χ2n) is 5.55. The summed E-state index contributed by atoms with van der Waals surface area (Å²) < 4.78 is 0. The Balaban J connectivity index is 1.41. The Morgan fingerprint density at radius 3 is 2.14 bits per heavy atom. The van der Waals surface area contributed by atoms with E-state index in [0.717, 1.165) is 25.7 Å². The lowest BCUT2D eigenvalue weighted by Gasteiger charge is -2.13. The van der Waals surface area contributed by atoms with Crippen LogP contribution < -0.4 is 0 Å². The Labute approximate surface area is 134 Å². The molecular formula is C18H19NO2S. The van der Waals surface area contributed by atoms with E-state index < -0.39 is 0 Å². The van der Waals surface area contributed by atoms with Crippen molar-refractivity contribution in [2.75, 3.05) is 6.54 Å². The lowest BCUT2D eigenvalue weighted by atomic mass is 10.1. The van der Waals surface area contributed by atoms with E-state index in [1.54, 1.807) is 35.6 Å². The third-order valence-electron chi connectivity index (χ3n) is 4.01. The Morgan fingerprint density at radius 1 is 0.818 bits per heavy atom. The zero-order valence-corrected chi connectivity index (χ0v) is 13.3. The van der Waals surface area contributed by atoms with Crippen LogP contribution in [0.15, 0.2) is 41.8 Å². The molecule has 0 saturated carbocycles. The molecule has 2 heterocycles. The second kappa shape index (κ2) is 6.88. The maximum absolute atomic E-state index is 12.2. The van der Waals surface area contributed by atoms with Gasteiger partial charge in [-0.2, -0.15) is 0 Å². The highest BCUT2D eigenvalue weighted by Crippen LogP contribution is 2.23.